The summed E-state index contributed by atoms with van der Waals surface area (Å²) >= 11 is 0. The second kappa shape index (κ2) is 4.74. The van der Waals surface area contributed by atoms with Gasteiger partial charge < -0.3 is 14.9 Å². The molecule has 4 aliphatic carbocycles. The molecule has 1 aliphatic heterocycles. The van der Waals surface area contributed by atoms with E-state index in [1.165, 1.54) is 38.5 Å². The van der Waals surface area contributed by atoms with Crippen LogP contribution in [0.15, 0.2) is 0 Å². The number of hydrogen-bond donors (Lipinski definition) is 2. The van der Waals surface area contributed by atoms with E-state index >= 15 is 0 Å². The molecule has 1 spiro atoms. The van der Waals surface area contributed by atoms with Crippen molar-refractivity contribution in [2.45, 2.75) is 76.4 Å². The van der Waals surface area contributed by atoms with Crippen LogP contribution in [-0.2, 0) is 4.74 Å². The molecule has 0 bridgehead atoms. The van der Waals surface area contributed by atoms with Gasteiger partial charge in [0.05, 0.1) is 18.3 Å². The van der Waals surface area contributed by atoms with Crippen molar-refractivity contribution in [3.63, 3.8) is 0 Å². The fourth-order valence-electron chi connectivity index (χ4n) is 7.99. The van der Waals surface area contributed by atoms with Crippen LogP contribution in [-0.4, -0.2) is 35.1 Å². The van der Waals surface area contributed by atoms with Crippen molar-refractivity contribution in [1.29, 1.82) is 0 Å². The highest BCUT2D eigenvalue weighted by molar-refractivity contribution is 5.18. The molecule has 1 saturated heterocycles. The zero-order valence-corrected chi connectivity index (χ0v) is 14.5. The van der Waals surface area contributed by atoms with E-state index in [0.717, 1.165) is 37.7 Å². The third-order valence-electron chi connectivity index (χ3n) is 9.41. The Morgan fingerprint density at radius 1 is 1.00 bits per heavy atom. The van der Waals surface area contributed by atoms with Crippen LogP contribution in [0.25, 0.3) is 0 Å². The molecule has 3 nitrogen and oxygen atoms in total. The Morgan fingerprint density at radius 2 is 1.78 bits per heavy atom. The van der Waals surface area contributed by atoms with E-state index in [1.807, 2.05) is 0 Å². The highest BCUT2D eigenvalue weighted by Crippen LogP contribution is 2.71. The molecule has 3 heteroatoms. The summed E-state index contributed by atoms with van der Waals surface area (Å²) in [6.07, 6.45) is 10.5. The van der Waals surface area contributed by atoms with E-state index in [2.05, 4.69) is 6.92 Å². The molecular formula is C20H32O3. The Hall–Kier alpha value is -0.120. The normalized spacial score (nSPS) is 60.9. The van der Waals surface area contributed by atoms with E-state index < -0.39 is 0 Å². The first kappa shape index (κ1) is 15.2. The quantitative estimate of drug-likeness (QED) is 0.730. The van der Waals surface area contributed by atoms with Gasteiger partial charge >= 0.3 is 0 Å². The van der Waals surface area contributed by atoms with E-state index in [9.17, 15) is 10.2 Å². The number of aliphatic hydroxyl groups excluding tert-OH is 2. The fraction of sp³-hybridized carbons (Fsp3) is 1.00. The van der Waals surface area contributed by atoms with E-state index in [-0.39, 0.29) is 17.1 Å². The van der Waals surface area contributed by atoms with Gasteiger partial charge in [-0.25, -0.2) is 0 Å². The molecule has 23 heavy (non-hydrogen) atoms. The smallest absolute Gasteiger partial charge is 0.0972 e. The predicted molar refractivity (Wildman–Crippen MR) is 87.8 cm³/mol. The van der Waals surface area contributed by atoms with Gasteiger partial charge in [-0.15, -0.1) is 0 Å². The number of ether oxygens (including phenoxy) is 1. The van der Waals surface area contributed by atoms with E-state index in [4.69, 9.17) is 4.74 Å². The summed E-state index contributed by atoms with van der Waals surface area (Å²) in [4.78, 5) is 0. The number of rotatable bonds is 1. The summed E-state index contributed by atoms with van der Waals surface area (Å²) in [5.41, 5.74) is 0.740. The van der Waals surface area contributed by atoms with Gasteiger partial charge in [-0.05, 0) is 86.9 Å². The summed E-state index contributed by atoms with van der Waals surface area (Å²) in [6, 6.07) is 0. The van der Waals surface area contributed by atoms with Crippen LogP contribution in [0.5, 0.6) is 0 Å². The molecule has 0 unspecified atom stereocenters. The van der Waals surface area contributed by atoms with Crippen molar-refractivity contribution in [2.75, 3.05) is 13.2 Å². The van der Waals surface area contributed by atoms with Crippen molar-refractivity contribution >= 4 is 0 Å². The van der Waals surface area contributed by atoms with Crippen molar-refractivity contribution in [2.24, 2.45) is 34.5 Å². The Kier molecular flexibility index (Phi) is 3.12. The van der Waals surface area contributed by atoms with Crippen molar-refractivity contribution < 1.29 is 14.9 Å². The summed E-state index contributed by atoms with van der Waals surface area (Å²) in [7, 11) is 0. The molecule has 0 aromatic carbocycles. The van der Waals surface area contributed by atoms with Gasteiger partial charge in [-0.2, -0.15) is 0 Å². The number of epoxide rings is 1. The summed E-state index contributed by atoms with van der Waals surface area (Å²) < 4.78 is 6.00. The number of fused-ring (bicyclic) bond motifs is 6. The molecule has 0 amide bonds. The lowest BCUT2D eigenvalue weighted by atomic mass is 9.44. The molecule has 130 valence electrons. The van der Waals surface area contributed by atoms with Crippen LogP contribution in [0.3, 0.4) is 0 Å². The van der Waals surface area contributed by atoms with Crippen molar-refractivity contribution in [1.82, 2.24) is 0 Å². The first-order valence-electron chi connectivity index (χ1n) is 9.98. The second-order valence-corrected chi connectivity index (χ2v) is 9.75. The van der Waals surface area contributed by atoms with Crippen LogP contribution in [0.1, 0.15) is 64.7 Å². The van der Waals surface area contributed by atoms with E-state index in [1.54, 1.807) is 0 Å². The zero-order chi connectivity index (χ0) is 15.9. The third-order valence-corrected chi connectivity index (χ3v) is 9.41. The van der Waals surface area contributed by atoms with Gasteiger partial charge in [0, 0.05) is 12.0 Å². The van der Waals surface area contributed by atoms with Crippen LogP contribution >= 0.6 is 0 Å². The second-order valence-electron chi connectivity index (χ2n) is 9.75. The summed E-state index contributed by atoms with van der Waals surface area (Å²) in [5.74, 6) is 2.83. The largest absolute Gasteiger partial charge is 0.396 e. The van der Waals surface area contributed by atoms with Crippen LogP contribution < -0.4 is 0 Å². The minimum absolute atomic E-state index is 0.115. The van der Waals surface area contributed by atoms with Crippen molar-refractivity contribution in [3.8, 4) is 0 Å². The lowest BCUT2D eigenvalue weighted by Crippen LogP contribution is -2.57. The lowest BCUT2D eigenvalue weighted by molar-refractivity contribution is -0.154. The number of hydrogen-bond acceptors (Lipinski definition) is 3. The topological polar surface area (TPSA) is 53.0 Å². The fourth-order valence-corrected chi connectivity index (χ4v) is 7.99. The van der Waals surface area contributed by atoms with Gasteiger partial charge in [0.2, 0.25) is 0 Å². The zero-order valence-electron chi connectivity index (χ0n) is 14.5. The van der Waals surface area contributed by atoms with Crippen LogP contribution in [0.4, 0.5) is 0 Å². The Balaban J connectivity index is 1.48. The standard InChI is InChI=1S/C20H32O3/c1-18-7-5-17-15(16(18)6-9-20(18)12-23-20)3-2-13-10-14(22)4-8-19(13,17)11-21/h13-17,21-22H,2-12H2,1H3/t13-,14+,15-,16-,17-,18-,19+,20+/m0/s1. The molecule has 5 fully saturated rings. The maximum Gasteiger partial charge on any atom is 0.0972 e. The monoisotopic (exact) mass is 320 g/mol. The Bertz CT molecular complexity index is 501. The maximum atomic E-state index is 10.4. The predicted octanol–water partition coefficient (Wildman–Crippen LogP) is 3.13. The minimum atomic E-state index is -0.125. The highest BCUT2D eigenvalue weighted by atomic mass is 16.6. The summed E-state index contributed by atoms with van der Waals surface area (Å²) in [6.45, 7) is 3.85. The molecule has 1 heterocycles. The van der Waals surface area contributed by atoms with Gasteiger partial charge in [0.15, 0.2) is 0 Å². The third kappa shape index (κ3) is 1.77. The van der Waals surface area contributed by atoms with Crippen LogP contribution in [0, 0.1) is 34.5 Å². The number of aliphatic hydroxyl groups is 2. The van der Waals surface area contributed by atoms with Gasteiger partial charge in [-0.1, -0.05) is 6.92 Å². The SMILES string of the molecule is C[C@]12CC[C@H]3[C@@H](CC[C@H]4C[C@H](O)CC[C@@]43CO)[C@@H]1CC[C@@]21CO1. The highest BCUT2D eigenvalue weighted by Gasteiger charge is 2.70. The molecule has 0 radical (unpaired) electrons. The van der Waals surface area contributed by atoms with Gasteiger partial charge in [0.25, 0.3) is 0 Å². The molecule has 8 atom stereocenters. The lowest BCUT2D eigenvalue weighted by Gasteiger charge is -2.61. The first-order valence-corrected chi connectivity index (χ1v) is 9.98. The molecule has 0 aromatic rings. The van der Waals surface area contributed by atoms with Crippen LogP contribution in [0.2, 0.25) is 0 Å². The summed E-state index contributed by atoms with van der Waals surface area (Å²) in [5, 5.41) is 20.5. The van der Waals surface area contributed by atoms with E-state index in [0.29, 0.717) is 23.9 Å². The minimum Gasteiger partial charge on any atom is -0.396 e. The molecule has 5 aliphatic rings. The Morgan fingerprint density at radius 3 is 2.52 bits per heavy atom. The van der Waals surface area contributed by atoms with Crippen molar-refractivity contribution in [3.05, 3.63) is 0 Å². The molecule has 0 aromatic heterocycles. The molecule has 5 rings (SSSR count). The maximum absolute atomic E-state index is 10.4. The van der Waals surface area contributed by atoms with Gasteiger partial charge in [-0.3, -0.25) is 0 Å². The Labute approximate surface area is 139 Å². The van der Waals surface area contributed by atoms with Gasteiger partial charge in [0.1, 0.15) is 0 Å². The molecule has 2 N–H and O–H groups in total. The average molecular weight is 320 g/mol. The molecule has 4 saturated carbocycles. The first-order chi connectivity index (χ1) is 11.0. The molecular weight excluding hydrogens is 288 g/mol. The average Bonchev–Trinajstić information content (AvgIpc) is 3.28.